The van der Waals surface area contributed by atoms with Crippen LogP contribution in [0.5, 0.6) is 5.75 Å². The summed E-state index contributed by atoms with van der Waals surface area (Å²) < 4.78 is 0. The van der Waals surface area contributed by atoms with Crippen molar-refractivity contribution in [2.45, 2.75) is 63.8 Å². The van der Waals surface area contributed by atoms with Gasteiger partial charge in [0.1, 0.15) is 5.75 Å². The number of aromatic hydroxyl groups is 1. The van der Waals surface area contributed by atoms with E-state index in [4.69, 9.17) is 22.0 Å². The van der Waals surface area contributed by atoms with E-state index >= 15 is 0 Å². The minimum atomic E-state index is -1.09. The first kappa shape index (κ1) is 21.4. The van der Waals surface area contributed by atoms with Gasteiger partial charge in [0.25, 0.3) is 0 Å². The second-order valence-electron chi connectivity index (χ2n) is 6.19. The van der Waals surface area contributed by atoms with Gasteiger partial charge in [-0.25, -0.2) is 0 Å². The summed E-state index contributed by atoms with van der Waals surface area (Å²) in [5, 5.41) is 10.0. The summed E-state index contributed by atoms with van der Waals surface area (Å²) in [5.41, 5.74) is 2.64. The van der Waals surface area contributed by atoms with Gasteiger partial charge in [0.15, 0.2) is 0 Å². The number of benzene rings is 1. The standard InChI is InChI=1S/C17H27NOSi.2ClH.Zr/c1-5-20(6-2,7-3)16-11-15(16)18-12-14-10-8-9-13(4)17(14)19;;;/h8-10,12,15-16,19H,5-7,11H2,1-4H3;2*1H;/q;;;+2/p-2. The maximum atomic E-state index is 10.0. The number of aliphatic imine (C=N–C) groups is 1. The van der Waals surface area contributed by atoms with Crippen molar-refractivity contribution in [3.63, 3.8) is 0 Å². The van der Waals surface area contributed by atoms with Crippen LogP contribution in [0.2, 0.25) is 23.7 Å². The van der Waals surface area contributed by atoms with E-state index in [-0.39, 0.29) is 0 Å². The molecule has 2 atom stereocenters. The second kappa shape index (κ2) is 10.4. The molecule has 23 heavy (non-hydrogen) atoms. The zero-order valence-corrected chi connectivity index (χ0v) is 19.4. The molecule has 6 heteroatoms. The SMILES string of the molecule is CC[Si](CC)(CC)C1CC1N=Cc1cccc(C)c1O.[Cl][Zr][Cl]. The van der Waals surface area contributed by atoms with Crippen LogP contribution >= 0.6 is 17.0 Å². The average Bonchev–Trinajstić information content (AvgIpc) is 3.32. The molecule has 1 N–H and O–H groups in total. The predicted octanol–water partition coefficient (Wildman–Crippen LogP) is 6.15. The van der Waals surface area contributed by atoms with Crippen LogP contribution < -0.4 is 0 Å². The van der Waals surface area contributed by atoms with E-state index < -0.39 is 28.9 Å². The summed E-state index contributed by atoms with van der Waals surface area (Å²) in [6.07, 6.45) is 3.15. The van der Waals surface area contributed by atoms with Crippen LogP contribution in [0.15, 0.2) is 23.2 Å². The molecular weight excluding hydrogens is 424 g/mol. The summed E-state index contributed by atoms with van der Waals surface area (Å²) in [4.78, 5) is 4.75. The van der Waals surface area contributed by atoms with Gasteiger partial charge in [-0.1, -0.05) is 51.0 Å². The molecule has 1 saturated carbocycles. The van der Waals surface area contributed by atoms with Crippen molar-refractivity contribution < 1.29 is 26.0 Å². The molecule has 0 amide bonds. The molecule has 1 aliphatic rings. The number of rotatable bonds is 6. The first-order valence-electron chi connectivity index (χ1n) is 8.27. The van der Waals surface area contributed by atoms with E-state index in [0.29, 0.717) is 11.8 Å². The van der Waals surface area contributed by atoms with Crippen molar-refractivity contribution in [1.29, 1.82) is 0 Å². The normalized spacial score (nSPS) is 20.1. The fourth-order valence-electron chi connectivity index (χ4n) is 3.50. The topological polar surface area (TPSA) is 32.6 Å². The number of nitrogens with zero attached hydrogens (tertiary/aromatic N) is 1. The van der Waals surface area contributed by atoms with Gasteiger partial charge < -0.3 is 5.11 Å². The summed E-state index contributed by atoms with van der Waals surface area (Å²) >= 11 is -0.826. The molecule has 1 fully saturated rings. The summed E-state index contributed by atoms with van der Waals surface area (Å²) in [6.45, 7) is 9.02. The zero-order valence-electron chi connectivity index (χ0n) is 14.4. The number of phenols is 1. The molecule has 0 radical (unpaired) electrons. The Morgan fingerprint density at radius 3 is 2.35 bits per heavy atom. The molecule has 2 nitrogen and oxygen atoms in total. The van der Waals surface area contributed by atoms with Crippen LogP contribution in [-0.4, -0.2) is 25.4 Å². The van der Waals surface area contributed by atoms with Crippen molar-refractivity contribution in [3.05, 3.63) is 29.3 Å². The summed E-state index contributed by atoms with van der Waals surface area (Å²) in [7, 11) is 8.78. The Hall–Kier alpha value is 0.370. The first-order valence-corrected chi connectivity index (χ1v) is 17.3. The quantitative estimate of drug-likeness (QED) is 0.408. The van der Waals surface area contributed by atoms with Crippen LogP contribution in [0.1, 0.15) is 38.3 Å². The van der Waals surface area contributed by atoms with Crippen LogP contribution in [0.25, 0.3) is 0 Å². The van der Waals surface area contributed by atoms with E-state index in [2.05, 4.69) is 20.8 Å². The molecular formula is C17H27Cl2NOSiZr. The Morgan fingerprint density at radius 2 is 1.83 bits per heavy atom. The minimum absolute atomic E-state index is 0.374. The van der Waals surface area contributed by atoms with E-state index in [0.717, 1.165) is 16.7 Å². The summed E-state index contributed by atoms with van der Waals surface area (Å²) in [5.74, 6) is 0.374. The molecule has 0 aromatic heterocycles. The first-order chi connectivity index (χ1) is 11.0. The van der Waals surface area contributed by atoms with Gasteiger partial charge in [-0.05, 0) is 30.5 Å². The number of aryl methyl sites for hydroxylation is 1. The van der Waals surface area contributed by atoms with Crippen LogP contribution in [-0.2, 0) is 20.8 Å². The van der Waals surface area contributed by atoms with E-state index in [1.807, 2.05) is 31.3 Å². The number of para-hydroxylation sites is 1. The zero-order chi connectivity index (χ0) is 17.5. The van der Waals surface area contributed by atoms with E-state index in [1.165, 1.54) is 24.6 Å². The maximum absolute atomic E-state index is 10.0. The van der Waals surface area contributed by atoms with Crippen molar-refractivity contribution in [2.75, 3.05) is 0 Å². The molecule has 2 rings (SSSR count). The van der Waals surface area contributed by atoms with Gasteiger partial charge in [-0.2, -0.15) is 0 Å². The number of hydrogen-bond donors (Lipinski definition) is 1. The third-order valence-corrected chi connectivity index (χ3v) is 11.7. The number of hydrogen-bond acceptors (Lipinski definition) is 2. The Labute approximate surface area is 160 Å². The van der Waals surface area contributed by atoms with E-state index in [9.17, 15) is 5.11 Å². The van der Waals surface area contributed by atoms with Crippen molar-refractivity contribution in [1.82, 2.24) is 0 Å². The predicted molar refractivity (Wildman–Crippen MR) is 101 cm³/mol. The van der Waals surface area contributed by atoms with Gasteiger partial charge in [0, 0.05) is 11.8 Å². The number of halogens is 2. The molecule has 0 spiro atoms. The van der Waals surface area contributed by atoms with Crippen molar-refractivity contribution in [3.8, 4) is 5.75 Å². The van der Waals surface area contributed by atoms with Gasteiger partial charge in [-0.3, -0.25) is 4.99 Å². The van der Waals surface area contributed by atoms with Gasteiger partial charge in [-0.15, -0.1) is 0 Å². The monoisotopic (exact) mass is 449 g/mol. The van der Waals surface area contributed by atoms with Gasteiger partial charge >= 0.3 is 37.9 Å². The Kier molecular flexibility index (Phi) is 9.66. The average molecular weight is 452 g/mol. The third kappa shape index (κ3) is 5.70. The second-order valence-corrected chi connectivity index (χ2v) is 15.5. The van der Waals surface area contributed by atoms with Crippen molar-refractivity contribution >= 4 is 31.3 Å². The number of phenolic OH excluding ortho intramolecular Hbond substituents is 1. The third-order valence-electron chi connectivity index (χ3n) is 5.33. The Bertz CT molecular complexity index is 515. The fourth-order valence-corrected chi connectivity index (χ4v) is 8.22. The molecule has 2 unspecified atom stereocenters. The molecule has 1 aromatic carbocycles. The summed E-state index contributed by atoms with van der Waals surface area (Å²) in [6, 6.07) is 10.5. The molecule has 1 aromatic rings. The molecule has 1 aliphatic carbocycles. The molecule has 0 aliphatic heterocycles. The Balaban J connectivity index is 0.000000816. The fraction of sp³-hybridized carbons (Fsp3) is 0.588. The molecule has 0 bridgehead atoms. The van der Waals surface area contributed by atoms with Crippen LogP contribution in [0.3, 0.4) is 0 Å². The molecule has 128 valence electrons. The Morgan fingerprint density at radius 1 is 1.26 bits per heavy atom. The van der Waals surface area contributed by atoms with E-state index in [1.54, 1.807) is 0 Å². The van der Waals surface area contributed by atoms with Crippen LogP contribution in [0.4, 0.5) is 0 Å². The van der Waals surface area contributed by atoms with Crippen molar-refractivity contribution in [2.24, 2.45) is 4.99 Å². The van der Waals surface area contributed by atoms with Gasteiger partial charge in [0.2, 0.25) is 0 Å². The molecule has 0 saturated heterocycles. The van der Waals surface area contributed by atoms with Crippen LogP contribution in [0, 0.1) is 6.92 Å². The molecule has 0 heterocycles. The van der Waals surface area contributed by atoms with Gasteiger partial charge in [0.05, 0.1) is 14.1 Å².